The third-order valence-corrected chi connectivity index (χ3v) is 3.86. The predicted molar refractivity (Wildman–Crippen MR) is 78.1 cm³/mol. The van der Waals surface area contributed by atoms with Gasteiger partial charge in [0.15, 0.2) is 0 Å². The molecule has 3 heteroatoms. The van der Waals surface area contributed by atoms with Gasteiger partial charge in [0, 0.05) is 24.0 Å². The number of aromatic nitrogens is 1. The van der Waals surface area contributed by atoms with E-state index in [0.29, 0.717) is 6.04 Å². The molecule has 1 aromatic heterocycles. The van der Waals surface area contributed by atoms with Crippen molar-refractivity contribution >= 4 is 11.3 Å². The minimum Gasteiger partial charge on any atom is -0.310 e. The highest BCUT2D eigenvalue weighted by molar-refractivity contribution is 7.09. The van der Waals surface area contributed by atoms with E-state index in [1.54, 1.807) is 11.3 Å². The number of hydrogen-bond acceptors (Lipinski definition) is 3. The molecule has 2 nitrogen and oxygen atoms in total. The van der Waals surface area contributed by atoms with Gasteiger partial charge in [-0.2, -0.15) is 0 Å². The molecule has 0 saturated carbocycles. The molecular formula is C15H20N2S. The Bertz CT molecular complexity index is 448. The number of thiazole rings is 1. The molecule has 18 heavy (non-hydrogen) atoms. The highest BCUT2D eigenvalue weighted by Crippen LogP contribution is 2.18. The Morgan fingerprint density at radius 2 is 2.00 bits per heavy atom. The van der Waals surface area contributed by atoms with Crippen molar-refractivity contribution in [1.29, 1.82) is 0 Å². The van der Waals surface area contributed by atoms with Crippen molar-refractivity contribution in [1.82, 2.24) is 10.3 Å². The number of rotatable bonds is 6. The molecule has 2 aromatic rings. The maximum atomic E-state index is 4.32. The topological polar surface area (TPSA) is 24.9 Å². The summed E-state index contributed by atoms with van der Waals surface area (Å²) in [6.45, 7) is 5.38. The highest BCUT2D eigenvalue weighted by atomic mass is 32.1. The number of benzene rings is 1. The Morgan fingerprint density at radius 1 is 1.22 bits per heavy atom. The van der Waals surface area contributed by atoms with Crippen molar-refractivity contribution in [3.8, 4) is 0 Å². The molecule has 0 radical (unpaired) electrons. The first-order chi connectivity index (χ1) is 8.83. The molecule has 1 heterocycles. The molecule has 1 unspecified atom stereocenters. The van der Waals surface area contributed by atoms with Crippen LogP contribution in [0.15, 0.2) is 35.8 Å². The van der Waals surface area contributed by atoms with Gasteiger partial charge in [0.05, 0.1) is 5.01 Å². The van der Waals surface area contributed by atoms with E-state index in [9.17, 15) is 0 Å². The third kappa shape index (κ3) is 3.40. The fourth-order valence-electron chi connectivity index (χ4n) is 2.13. The second kappa shape index (κ2) is 6.66. The van der Waals surface area contributed by atoms with E-state index in [-0.39, 0.29) is 0 Å². The summed E-state index contributed by atoms with van der Waals surface area (Å²) >= 11 is 1.72. The van der Waals surface area contributed by atoms with Crippen molar-refractivity contribution in [3.63, 3.8) is 0 Å². The predicted octanol–water partition coefficient (Wildman–Crippen LogP) is 3.79. The lowest BCUT2D eigenvalue weighted by molar-refractivity contribution is 0.537. The van der Waals surface area contributed by atoms with E-state index in [0.717, 1.165) is 19.4 Å². The normalized spacial score (nSPS) is 12.6. The minimum absolute atomic E-state index is 0.476. The fourth-order valence-corrected chi connectivity index (χ4v) is 2.78. The van der Waals surface area contributed by atoms with Gasteiger partial charge in [0.25, 0.3) is 0 Å². The lowest BCUT2D eigenvalue weighted by atomic mass is 10.0. The van der Waals surface area contributed by atoms with Crippen LogP contribution in [0.5, 0.6) is 0 Å². The fraction of sp³-hybridized carbons (Fsp3) is 0.400. The maximum Gasteiger partial charge on any atom is 0.0968 e. The molecule has 0 aliphatic carbocycles. The van der Waals surface area contributed by atoms with Gasteiger partial charge in [-0.25, -0.2) is 4.98 Å². The SMILES string of the molecule is CCNC(CC)c1ccc(Cc2nccs2)cc1. The summed E-state index contributed by atoms with van der Waals surface area (Å²) in [6.07, 6.45) is 3.93. The molecule has 0 aliphatic rings. The second-order valence-electron chi connectivity index (χ2n) is 4.36. The molecule has 0 saturated heterocycles. The Balaban J connectivity index is 2.04. The van der Waals surface area contributed by atoms with Gasteiger partial charge in [-0.3, -0.25) is 0 Å². The Kier molecular flexibility index (Phi) is 4.90. The van der Waals surface area contributed by atoms with Gasteiger partial charge in [0.1, 0.15) is 0 Å². The van der Waals surface area contributed by atoms with Gasteiger partial charge in [0.2, 0.25) is 0 Å². The van der Waals surface area contributed by atoms with Crippen LogP contribution >= 0.6 is 11.3 Å². The lowest BCUT2D eigenvalue weighted by Gasteiger charge is -2.16. The molecule has 1 atom stereocenters. The molecule has 2 rings (SSSR count). The molecule has 1 N–H and O–H groups in total. The summed E-state index contributed by atoms with van der Waals surface area (Å²) in [4.78, 5) is 4.32. The van der Waals surface area contributed by atoms with Crippen LogP contribution in [0.2, 0.25) is 0 Å². The third-order valence-electron chi connectivity index (χ3n) is 3.08. The van der Waals surface area contributed by atoms with Gasteiger partial charge in [-0.05, 0) is 24.1 Å². The van der Waals surface area contributed by atoms with E-state index in [2.05, 4.69) is 48.4 Å². The first-order valence-electron chi connectivity index (χ1n) is 6.54. The van der Waals surface area contributed by atoms with E-state index in [1.165, 1.54) is 16.1 Å². The Labute approximate surface area is 113 Å². The first kappa shape index (κ1) is 13.2. The quantitative estimate of drug-likeness (QED) is 0.854. The number of nitrogens with zero attached hydrogens (tertiary/aromatic N) is 1. The largest absolute Gasteiger partial charge is 0.310 e. The van der Waals surface area contributed by atoms with E-state index >= 15 is 0 Å². The van der Waals surface area contributed by atoms with Crippen LogP contribution in [0.3, 0.4) is 0 Å². The number of hydrogen-bond donors (Lipinski definition) is 1. The van der Waals surface area contributed by atoms with Crippen molar-refractivity contribution in [3.05, 3.63) is 52.0 Å². The first-order valence-corrected chi connectivity index (χ1v) is 7.42. The standard InChI is InChI=1S/C15H20N2S/c1-3-14(16-4-2)13-7-5-12(6-8-13)11-15-17-9-10-18-15/h5-10,14,16H,3-4,11H2,1-2H3. The van der Waals surface area contributed by atoms with E-state index in [4.69, 9.17) is 0 Å². The van der Waals surface area contributed by atoms with Crippen LogP contribution in [0.25, 0.3) is 0 Å². The number of nitrogens with one attached hydrogen (secondary N) is 1. The molecule has 0 amide bonds. The van der Waals surface area contributed by atoms with E-state index in [1.807, 2.05) is 11.6 Å². The van der Waals surface area contributed by atoms with Gasteiger partial charge in [-0.1, -0.05) is 38.1 Å². The summed E-state index contributed by atoms with van der Waals surface area (Å²) < 4.78 is 0. The molecule has 96 valence electrons. The van der Waals surface area contributed by atoms with Crippen LogP contribution in [0.4, 0.5) is 0 Å². The summed E-state index contributed by atoms with van der Waals surface area (Å²) in [5.74, 6) is 0. The Morgan fingerprint density at radius 3 is 2.56 bits per heavy atom. The van der Waals surface area contributed by atoms with Crippen LogP contribution in [-0.4, -0.2) is 11.5 Å². The zero-order valence-electron chi connectivity index (χ0n) is 11.0. The Hall–Kier alpha value is -1.19. The van der Waals surface area contributed by atoms with Crippen LogP contribution < -0.4 is 5.32 Å². The smallest absolute Gasteiger partial charge is 0.0968 e. The summed E-state index contributed by atoms with van der Waals surface area (Å²) in [5.41, 5.74) is 2.71. The second-order valence-corrected chi connectivity index (χ2v) is 5.34. The summed E-state index contributed by atoms with van der Waals surface area (Å²) in [5, 5.41) is 6.71. The molecule has 0 aliphatic heterocycles. The average Bonchev–Trinajstić information content (AvgIpc) is 2.90. The zero-order valence-corrected chi connectivity index (χ0v) is 11.8. The average molecular weight is 260 g/mol. The monoisotopic (exact) mass is 260 g/mol. The highest BCUT2D eigenvalue weighted by Gasteiger charge is 2.07. The van der Waals surface area contributed by atoms with Crippen molar-refractivity contribution in [2.75, 3.05) is 6.54 Å². The molecule has 0 fully saturated rings. The van der Waals surface area contributed by atoms with E-state index < -0.39 is 0 Å². The zero-order chi connectivity index (χ0) is 12.8. The van der Waals surface area contributed by atoms with Crippen molar-refractivity contribution in [2.24, 2.45) is 0 Å². The molecule has 0 bridgehead atoms. The molecule has 1 aromatic carbocycles. The summed E-state index contributed by atoms with van der Waals surface area (Å²) in [6, 6.07) is 9.39. The minimum atomic E-state index is 0.476. The van der Waals surface area contributed by atoms with Gasteiger partial charge < -0.3 is 5.32 Å². The van der Waals surface area contributed by atoms with Crippen LogP contribution in [-0.2, 0) is 6.42 Å². The van der Waals surface area contributed by atoms with Gasteiger partial charge >= 0.3 is 0 Å². The van der Waals surface area contributed by atoms with Crippen molar-refractivity contribution in [2.45, 2.75) is 32.7 Å². The lowest BCUT2D eigenvalue weighted by Crippen LogP contribution is -2.19. The van der Waals surface area contributed by atoms with Crippen LogP contribution in [0, 0.1) is 0 Å². The summed E-state index contributed by atoms with van der Waals surface area (Å²) in [7, 11) is 0. The van der Waals surface area contributed by atoms with Crippen LogP contribution in [0.1, 0.15) is 42.4 Å². The maximum absolute atomic E-state index is 4.32. The van der Waals surface area contributed by atoms with Gasteiger partial charge in [-0.15, -0.1) is 11.3 Å². The molecule has 0 spiro atoms. The van der Waals surface area contributed by atoms with Crippen molar-refractivity contribution < 1.29 is 0 Å². The molecular weight excluding hydrogens is 240 g/mol.